The number of rotatable bonds is 2. The minimum atomic E-state index is 0.625. The van der Waals surface area contributed by atoms with Crippen molar-refractivity contribution in [3.8, 4) is 22.3 Å². The van der Waals surface area contributed by atoms with Crippen molar-refractivity contribution in [1.29, 1.82) is 0 Å². The van der Waals surface area contributed by atoms with E-state index in [0.717, 1.165) is 11.0 Å². The van der Waals surface area contributed by atoms with Gasteiger partial charge in [0, 0.05) is 6.20 Å². The van der Waals surface area contributed by atoms with E-state index in [1.165, 1.54) is 22.3 Å². The van der Waals surface area contributed by atoms with Gasteiger partial charge in [-0.3, -0.25) is 4.40 Å². The molecule has 3 nitrogen and oxygen atoms in total. The second-order valence-electron chi connectivity index (χ2n) is 5.82. The number of nitrogens with zero attached hydrogens (tertiary/aromatic N) is 2. The fourth-order valence-electron chi connectivity index (χ4n) is 3.14. The lowest BCUT2D eigenvalue weighted by molar-refractivity contribution is 0.597. The van der Waals surface area contributed by atoms with E-state index in [1.54, 1.807) is 6.26 Å². The van der Waals surface area contributed by atoms with Crippen LogP contribution in [0.15, 0.2) is 89.7 Å². The third-order valence-corrected chi connectivity index (χ3v) is 4.34. The summed E-state index contributed by atoms with van der Waals surface area (Å²) in [5.74, 6) is 0.625. The third-order valence-electron chi connectivity index (χ3n) is 4.34. The Bertz CT molecular complexity index is 1150. The molecule has 0 amide bonds. The minimum Gasteiger partial charge on any atom is -0.432 e. The van der Waals surface area contributed by atoms with Crippen LogP contribution in [0, 0.1) is 0 Å². The van der Waals surface area contributed by atoms with Gasteiger partial charge in [0.25, 0.3) is 0 Å². The largest absolute Gasteiger partial charge is 0.432 e. The molecule has 114 valence electrons. The van der Waals surface area contributed by atoms with Crippen molar-refractivity contribution in [2.75, 3.05) is 0 Å². The molecule has 0 spiro atoms. The molecule has 5 rings (SSSR count). The van der Waals surface area contributed by atoms with Gasteiger partial charge in [0.15, 0.2) is 0 Å². The molecule has 0 radical (unpaired) electrons. The van der Waals surface area contributed by atoms with Crippen LogP contribution in [0.2, 0.25) is 0 Å². The van der Waals surface area contributed by atoms with E-state index in [9.17, 15) is 0 Å². The molecular weight excluding hydrogens is 296 g/mol. The molecule has 0 fully saturated rings. The van der Waals surface area contributed by atoms with Crippen molar-refractivity contribution in [2.45, 2.75) is 0 Å². The van der Waals surface area contributed by atoms with Crippen molar-refractivity contribution in [2.24, 2.45) is 0 Å². The zero-order valence-corrected chi connectivity index (χ0v) is 12.9. The molecule has 2 heterocycles. The van der Waals surface area contributed by atoms with Gasteiger partial charge >= 0.3 is 5.84 Å². The standard InChI is InChI=1S/C21H14N2O/c1-2-5-15(6-3-1)16-7-4-8-17(13-16)18-9-10-19-20(14-18)23-11-12-24-21(23)22-19/h1-14H. The van der Waals surface area contributed by atoms with E-state index in [1.807, 2.05) is 22.7 Å². The van der Waals surface area contributed by atoms with Crippen LogP contribution in [-0.4, -0.2) is 9.38 Å². The Morgan fingerprint density at radius 2 is 1.46 bits per heavy atom. The highest BCUT2D eigenvalue weighted by atomic mass is 16.3. The second-order valence-corrected chi connectivity index (χ2v) is 5.82. The fourth-order valence-corrected chi connectivity index (χ4v) is 3.14. The first-order chi connectivity index (χ1) is 11.9. The summed E-state index contributed by atoms with van der Waals surface area (Å²) in [6, 6.07) is 25.4. The summed E-state index contributed by atoms with van der Waals surface area (Å²) in [6.45, 7) is 0. The Labute approximate surface area is 138 Å². The number of imidazole rings is 1. The molecule has 0 aliphatic heterocycles. The first kappa shape index (κ1) is 13.1. The third kappa shape index (κ3) is 2.02. The number of hydrogen-bond acceptors (Lipinski definition) is 2. The molecule has 0 saturated carbocycles. The molecule has 0 aliphatic rings. The van der Waals surface area contributed by atoms with E-state index in [4.69, 9.17) is 4.42 Å². The Morgan fingerprint density at radius 3 is 2.33 bits per heavy atom. The molecule has 0 unspecified atom stereocenters. The van der Waals surface area contributed by atoms with Crippen molar-refractivity contribution >= 4 is 16.9 Å². The Kier molecular flexibility index (Phi) is 2.79. The monoisotopic (exact) mass is 310 g/mol. The van der Waals surface area contributed by atoms with E-state index in [2.05, 4.69) is 65.6 Å². The Morgan fingerprint density at radius 1 is 0.708 bits per heavy atom. The predicted molar refractivity (Wildman–Crippen MR) is 95.8 cm³/mol. The second kappa shape index (κ2) is 5.10. The number of hydrogen-bond donors (Lipinski definition) is 0. The van der Waals surface area contributed by atoms with Gasteiger partial charge in [0.05, 0.1) is 11.0 Å². The summed E-state index contributed by atoms with van der Waals surface area (Å²) in [6.07, 6.45) is 3.55. The maximum absolute atomic E-state index is 5.38. The van der Waals surface area contributed by atoms with Gasteiger partial charge < -0.3 is 4.42 Å². The Balaban J connectivity index is 1.66. The fraction of sp³-hybridized carbons (Fsp3) is 0. The highest BCUT2D eigenvalue weighted by Crippen LogP contribution is 2.29. The highest BCUT2D eigenvalue weighted by molar-refractivity contribution is 5.85. The van der Waals surface area contributed by atoms with Crippen LogP contribution in [-0.2, 0) is 0 Å². The molecule has 5 aromatic rings. The molecule has 3 aromatic carbocycles. The van der Waals surface area contributed by atoms with Gasteiger partial charge in [-0.25, -0.2) is 0 Å². The number of benzene rings is 3. The average molecular weight is 310 g/mol. The van der Waals surface area contributed by atoms with E-state index in [0.29, 0.717) is 5.84 Å². The van der Waals surface area contributed by atoms with Crippen molar-refractivity contribution in [1.82, 2.24) is 9.38 Å². The Hall–Kier alpha value is -3.33. The van der Waals surface area contributed by atoms with Gasteiger partial charge in [0.1, 0.15) is 6.26 Å². The molecule has 0 saturated heterocycles. The van der Waals surface area contributed by atoms with Crippen LogP contribution < -0.4 is 0 Å². The number of aromatic nitrogens is 2. The molecule has 0 bridgehead atoms. The quantitative estimate of drug-likeness (QED) is 0.436. The lowest BCUT2D eigenvalue weighted by Crippen LogP contribution is -1.83. The van der Waals surface area contributed by atoms with E-state index < -0.39 is 0 Å². The summed E-state index contributed by atoms with van der Waals surface area (Å²) in [5.41, 5.74) is 6.80. The van der Waals surface area contributed by atoms with Gasteiger partial charge in [-0.2, -0.15) is 4.98 Å². The van der Waals surface area contributed by atoms with Crippen LogP contribution in [0.5, 0.6) is 0 Å². The van der Waals surface area contributed by atoms with Crippen LogP contribution in [0.4, 0.5) is 0 Å². The van der Waals surface area contributed by atoms with Crippen LogP contribution in [0.25, 0.3) is 39.1 Å². The van der Waals surface area contributed by atoms with Crippen molar-refractivity contribution in [3.63, 3.8) is 0 Å². The molecular formula is C21H14N2O. The number of fused-ring (bicyclic) bond motifs is 3. The summed E-state index contributed by atoms with van der Waals surface area (Å²) >= 11 is 0. The van der Waals surface area contributed by atoms with Crippen molar-refractivity contribution in [3.05, 3.63) is 85.3 Å². The van der Waals surface area contributed by atoms with Crippen LogP contribution in [0.1, 0.15) is 0 Å². The topological polar surface area (TPSA) is 30.4 Å². The maximum atomic E-state index is 5.38. The number of oxazole rings is 1. The van der Waals surface area contributed by atoms with Crippen molar-refractivity contribution < 1.29 is 4.42 Å². The molecule has 3 heteroatoms. The maximum Gasteiger partial charge on any atom is 0.306 e. The minimum absolute atomic E-state index is 0.625. The van der Waals surface area contributed by atoms with Gasteiger partial charge in [0.2, 0.25) is 0 Å². The predicted octanol–water partition coefficient (Wildman–Crippen LogP) is 5.41. The van der Waals surface area contributed by atoms with Crippen LogP contribution in [0.3, 0.4) is 0 Å². The lowest BCUT2D eigenvalue weighted by atomic mass is 9.99. The average Bonchev–Trinajstić information content (AvgIpc) is 3.23. The smallest absolute Gasteiger partial charge is 0.306 e. The van der Waals surface area contributed by atoms with E-state index >= 15 is 0 Å². The zero-order chi connectivity index (χ0) is 15.9. The molecule has 24 heavy (non-hydrogen) atoms. The SMILES string of the molecule is c1ccc(-c2cccc(-c3ccc4nc5occn5c4c3)c2)cc1. The van der Waals surface area contributed by atoms with Gasteiger partial charge in [-0.15, -0.1) is 0 Å². The lowest BCUT2D eigenvalue weighted by Gasteiger charge is -2.06. The molecule has 2 aromatic heterocycles. The molecule has 0 atom stereocenters. The summed E-state index contributed by atoms with van der Waals surface area (Å²) in [5, 5.41) is 0. The first-order valence-electron chi connectivity index (χ1n) is 7.90. The van der Waals surface area contributed by atoms with Gasteiger partial charge in [-0.1, -0.05) is 54.6 Å². The first-order valence-corrected chi connectivity index (χ1v) is 7.90. The normalized spacial score (nSPS) is 11.3. The molecule has 0 N–H and O–H groups in total. The van der Waals surface area contributed by atoms with Gasteiger partial charge in [-0.05, 0) is 40.5 Å². The summed E-state index contributed by atoms with van der Waals surface area (Å²) in [7, 11) is 0. The molecule has 0 aliphatic carbocycles. The highest BCUT2D eigenvalue weighted by Gasteiger charge is 2.08. The summed E-state index contributed by atoms with van der Waals surface area (Å²) < 4.78 is 7.35. The zero-order valence-electron chi connectivity index (χ0n) is 12.9. The van der Waals surface area contributed by atoms with E-state index in [-0.39, 0.29) is 0 Å². The van der Waals surface area contributed by atoms with Crippen LogP contribution >= 0.6 is 0 Å². The summed E-state index contributed by atoms with van der Waals surface area (Å²) in [4.78, 5) is 4.47.